The molecule has 0 aliphatic rings. The summed E-state index contributed by atoms with van der Waals surface area (Å²) < 4.78 is 0. The Bertz CT molecular complexity index is 2060. The molecule has 0 aromatic heterocycles. The van der Waals surface area contributed by atoms with Gasteiger partial charge in [0.25, 0.3) is 0 Å². The molecule has 0 N–H and O–H groups in total. The van der Waals surface area contributed by atoms with Crippen molar-refractivity contribution in [1.29, 1.82) is 0 Å². The molecule has 2 radical (unpaired) electrons. The van der Waals surface area contributed by atoms with Crippen LogP contribution in [0.5, 0.6) is 0 Å². The van der Waals surface area contributed by atoms with Crippen LogP contribution >= 0.6 is 17.0 Å². The zero-order chi connectivity index (χ0) is 34.1. The van der Waals surface area contributed by atoms with Gasteiger partial charge < -0.3 is 0 Å². The molecule has 0 saturated carbocycles. The van der Waals surface area contributed by atoms with Gasteiger partial charge >= 0.3 is 37.9 Å². The molecule has 4 heteroatoms. The molecule has 47 heavy (non-hydrogen) atoms. The number of fused-ring (bicyclic) bond motifs is 3. The number of halogens is 2. The third-order valence-electron chi connectivity index (χ3n) is 8.45. The van der Waals surface area contributed by atoms with Crippen molar-refractivity contribution in [3.63, 3.8) is 0 Å². The third kappa shape index (κ3) is 9.04. The Morgan fingerprint density at radius 2 is 1.19 bits per heavy atom. The summed E-state index contributed by atoms with van der Waals surface area (Å²) in [5.41, 5.74) is 12.2. The van der Waals surface area contributed by atoms with Crippen LogP contribution in [0.4, 0.5) is 0 Å². The average molecular weight is 751 g/mol. The summed E-state index contributed by atoms with van der Waals surface area (Å²) in [6, 6.07) is 42.3. The molecule has 0 unspecified atom stereocenters. The molecule has 0 heterocycles. The number of hydrogen-bond donors (Lipinski definition) is 0. The SMILES string of the molecule is CC(C)c1cc2c(-c3cccc4ccccc34)cccc2[cH-]1.C[Si]C.Cc1ccc(C)c(-c2ccc(C)c3[cH-]c(C)cc23)c1.[Cl][Zr+2][Cl]. The van der Waals surface area contributed by atoms with Gasteiger partial charge in [0.15, 0.2) is 0 Å². The van der Waals surface area contributed by atoms with Crippen LogP contribution in [0.3, 0.4) is 0 Å². The molecule has 0 spiro atoms. The summed E-state index contributed by atoms with van der Waals surface area (Å²) in [7, 11) is 11.0. The molecular formula is C43H44Cl2SiZr. The fourth-order valence-corrected chi connectivity index (χ4v) is 6.14. The molecular weight excluding hydrogens is 707 g/mol. The van der Waals surface area contributed by atoms with Crippen molar-refractivity contribution in [1.82, 2.24) is 0 Å². The number of benzene rings is 5. The normalized spacial score (nSPS) is 10.5. The van der Waals surface area contributed by atoms with Gasteiger partial charge in [-0.05, 0) is 47.2 Å². The molecule has 0 nitrogen and oxygen atoms in total. The van der Waals surface area contributed by atoms with Crippen LogP contribution in [0.25, 0.3) is 54.6 Å². The van der Waals surface area contributed by atoms with Gasteiger partial charge in [-0.2, -0.15) is 12.1 Å². The Kier molecular flexibility index (Phi) is 13.9. The molecule has 7 aromatic rings. The summed E-state index contributed by atoms with van der Waals surface area (Å²) >= 11 is -0.826. The Labute approximate surface area is 303 Å². The van der Waals surface area contributed by atoms with Crippen LogP contribution in [-0.4, -0.2) is 9.52 Å². The van der Waals surface area contributed by atoms with Crippen molar-refractivity contribution in [3.05, 3.63) is 143 Å². The van der Waals surface area contributed by atoms with Crippen molar-refractivity contribution in [2.24, 2.45) is 0 Å². The second-order valence-corrected chi connectivity index (χ2v) is 17.2. The average Bonchev–Trinajstić information content (AvgIpc) is 3.68. The number of rotatable bonds is 3. The van der Waals surface area contributed by atoms with Crippen LogP contribution in [0.15, 0.2) is 115 Å². The van der Waals surface area contributed by atoms with E-state index in [1.807, 2.05) is 0 Å². The van der Waals surface area contributed by atoms with Crippen LogP contribution in [-0.2, 0) is 20.8 Å². The van der Waals surface area contributed by atoms with Crippen LogP contribution in [0.2, 0.25) is 13.1 Å². The van der Waals surface area contributed by atoms with Crippen LogP contribution in [0.1, 0.15) is 47.6 Å². The molecule has 0 atom stereocenters. The summed E-state index contributed by atoms with van der Waals surface area (Å²) in [4.78, 5) is 0. The zero-order valence-electron chi connectivity index (χ0n) is 28.8. The summed E-state index contributed by atoms with van der Waals surface area (Å²) in [5, 5.41) is 8.09. The van der Waals surface area contributed by atoms with Crippen molar-refractivity contribution >= 4 is 58.9 Å². The number of hydrogen-bond acceptors (Lipinski definition) is 0. The monoisotopic (exact) mass is 748 g/mol. The molecule has 7 rings (SSSR count). The molecule has 0 amide bonds. The van der Waals surface area contributed by atoms with E-state index in [0.717, 1.165) is 9.52 Å². The fraction of sp³-hybridized carbons (Fsp3) is 0.209. The summed E-state index contributed by atoms with van der Waals surface area (Å²) in [6.45, 7) is 17.5. The molecule has 7 aromatic carbocycles. The molecule has 0 fully saturated rings. The van der Waals surface area contributed by atoms with E-state index >= 15 is 0 Å². The second kappa shape index (κ2) is 17.6. The minimum atomic E-state index is -0.826. The van der Waals surface area contributed by atoms with Crippen molar-refractivity contribution in [2.75, 3.05) is 0 Å². The van der Waals surface area contributed by atoms with E-state index < -0.39 is 20.8 Å². The second-order valence-electron chi connectivity index (χ2n) is 12.5. The predicted octanol–water partition coefficient (Wildman–Crippen LogP) is 14.1. The van der Waals surface area contributed by atoms with E-state index in [9.17, 15) is 0 Å². The van der Waals surface area contributed by atoms with Gasteiger partial charge in [-0.15, -0.1) is 68.6 Å². The maximum absolute atomic E-state index is 4.93. The van der Waals surface area contributed by atoms with E-state index in [0.29, 0.717) is 5.92 Å². The van der Waals surface area contributed by atoms with Crippen molar-refractivity contribution < 1.29 is 20.8 Å². The van der Waals surface area contributed by atoms with E-state index in [1.165, 1.54) is 82.4 Å². The topological polar surface area (TPSA) is 0 Å². The Morgan fingerprint density at radius 1 is 0.596 bits per heavy atom. The standard InChI is InChI=1S/C22H19.C19H19.C2H6Si.2ClH.Zr/c1-15(2)18-13-17-9-6-12-21(22(17)14-18)20-11-5-8-16-7-3-4-10-19(16)20;1-12-5-6-14(3)17(9-12)16-8-7-15(4)18-10-13(2)11-19(16)18;1-3-2;;;/h3-15H,1-2H3;5-11H,1-4H3;1-2H3;2*1H;/q2*-1;;;;+4/p-2. The van der Waals surface area contributed by atoms with Gasteiger partial charge in [-0.3, -0.25) is 0 Å². The van der Waals surface area contributed by atoms with Crippen molar-refractivity contribution in [2.45, 2.75) is 60.6 Å². The van der Waals surface area contributed by atoms with E-state index in [1.54, 1.807) is 0 Å². The fourth-order valence-electron chi connectivity index (χ4n) is 6.14. The number of aryl methyl sites for hydroxylation is 4. The molecule has 0 bridgehead atoms. The Hall–Kier alpha value is -2.74. The van der Waals surface area contributed by atoms with E-state index in [-0.39, 0.29) is 0 Å². The van der Waals surface area contributed by atoms with E-state index in [4.69, 9.17) is 17.0 Å². The molecule has 0 aliphatic carbocycles. The van der Waals surface area contributed by atoms with Gasteiger partial charge in [0.2, 0.25) is 0 Å². The minimum absolute atomic E-state index is 0.563. The van der Waals surface area contributed by atoms with Gasteiger partial charge in [0, 0.05) is 9.52 Å². The Balaban J connectivity index is 0.000000184. The van der Waals surface area contributed by atoms with Crippen LogP contribution in [0, 0.1) is 27.7 Å². The van der Waals surface area contributed by atoms with Gasteiger partial charge in [-0.1, -0.05) is 130 Å². The Morgan fingerprint density at radius 3 is 1.89 bits per heavy atom. The van der Waals surface area contributed by atoms with Gasteiger partial charge in [-0.25, -0.2) is 0 Å². The van der Waals surface area contributed by atoms with Gasteiger partial charge in [0.1, 0.15) is 0 Å². The maximum atomic E-state index is 4.93. The molecule has 0 aliphatic heterocycles. The van der Waals surface area contributed by atoms with E-state index in [2.05, 4.69) is 170 Å². The first-order valence-corrected chi connectivity index (χ1v) is 24.4. The summed E-state index contributed by atoms with van der Waals surface area (Å²) in [6.07, 6.45) is 0. The quantitative estimate of drug-likeness (QED) is 0.125. The predicted molar refractivity (Wildman–Crippen MR) is 210 cm³/mol. The van der Waals surface area contributed by atoms with Crippen molar-refractivity contribution in [3.8, 4) is 22.3 Å². The zero-order valence-corrected chi connectivity index (χ0v) is 33.8. The first-order chi connectivity index (χ1) is 22.6. The summed E-state index contributed by atoms with van der Waals surface area (Å²) in [5.74, 6) is 0.563. The first kappa shape index (κ1) is 37.1. The third-order valence-corrected chi connectivity index (χ3v) is 8.45. The van der Waals surface area contributed by atoms with Crippen LogP contribution < -0.4 is 0 Å². The molecule has 0 saturated heterocycles. The van der Waals surface area contributed by atoms with Gasteiger partial charge in [0.05, 0.1) is 0 Å². The molecule has 238 valence electrons. The first-order valence-electron chi connectivity index (χ1n) is 16.1.